The molecule has 104 valence electrons. The average Bonchev–Trinajstić information content (AvgIpc) is 2.79. The highest BCUT2D eigenvalue weighted by Crippen LogP contribution is 2.21. The zero-order valence-corrected chi connectivity index (χ0v) is 12.0. The van der Waals surface area contributed by atoms with Gasteiger partial charge in [-0.1, -0.05) is 13.8 Å². The fourth-order valence-electron chi connectivity index (χ4n) is 1.94. The van der Waals surface area contributed by atoms with Crippen LogP contribution in [0.5, 0.6) is 0 Å². The second kappa shape index (κ2) is 6.87. The van der Waals surface area contributed by atoms with Gasteiger partial charge in [0, 0.05) is 18.8 Å². The van der Waals surface area contributed by atoms with Crippen molar-refractivity contribution >= 4 is 23.8 Å². The molecule has 0 saturated carbocycles. The molecule has 6 heteroatoms. The molecule has 0 radical (unpaired) electrons. The molecule has 0 bridgehead atoms. The number of rotatable bonds is 5. The van der Waals surface area contributed by atoms with Crippen molar-refractivity contribution in [3.05, 3.63) is 0 Å². The van der Waals surface area contributed by atoms with E-state index in [4.69, 9.17) is 5.11 Å². The van der Waals surface area contributed by atoms with E-state index < -0.39 is 12.0 Å². The van der Waals surface area contributed by atoms with E-state index in [1.54, 1.807) is 11.9 Å². The quantitative estimate of drug-likeness (QED) is 0.799. The van der Waals surface area contributed by atoms with Crippen LogP contribution in [0.2, 0.25) is 0 Å². The van der Waals surface area contributed by atoms with Gasteiger partial charge in [0.1, 0.15) is 6.04 Å². The Bertz CT molecular complexity index is 304. The lowest BCUT2D eigenvalue weighted by Gasteiger charge is -2.26. The fraction of sp³-hybridized carbons (Fsp3) is 0.833. The van der Waals surface area contributed by atoms with Gasteiger partial charge in [0.2, 0.25) is 0 Å². The Labute approximate surface area is 112 Å². The van der Waals surface area contributed by atoms with Gasteiger partial charge in [0.05, 0.1) is 0 Å². The summed E-state index contributed by atoms with van der Waals surface area (Å²) >= 11 is 1.83. The minimum atomic E-state index is -0.966. The van der Waals surface area contributed by atoms with Gasteiger partial charge in [-0.2, -0.15) is 11.8 Å². The highest BCUT2D eigenvalue weighted by molar-refractivity contribution is 7.99. The summed E-state index contributed by atoms with van der Waals surface area (Å²) in [7, 11) is 1.74. The van der Waals surface area contributed by atoms with Crippen LogP contribution in [-0.2, 0) is 4.79 Å². The maximum Gasteiger partial charge on any atom is 0.326 e. The van der Waals surface area contributed by atoms with Crippen molar-refractivity contribution in [1.29, 1.82) is 0 Å². The van der Waals surface area contributed by atoms with Crippen LogP contribution in [0.3, 0.4) is 0 Å². The molecule has 0 aromatic rings. The molecule has 5 nitrogen and oxygen atoms in total. The molecule has 2 amide bonds. The summed E-state index contributed by atoms with van der Waals surface area (Å²) in [5.74, 6) is 1.27. The Morgan fingerprint density at radius 1 is 1.50 bits per heavy atom. The van der Waals surface area contributed by atoms with Gasteiger partial charge in [-0.3, -0.25) is 0 Å². The van der Waals surface area contributed by atoms with Crippen molar-refractivity contribution < 1.29 is 14.7 Å². The van der Waals surface area contributed by atoms with Gasteiger partial charge in [0.25, 0.3) is 0 Å². The Balaban J connectivity index is 2.51. The number of hydrogen-bond acceptors (Lipinski definition) is 3. The van der Waals surface area contributed by atoms with Gasteiger partial charge in [-0.25, -0.2) is 9.59 Å². The Hall–Kier alpha value is -0.910. The summed E-state index contributed by atoms with van der Waals surface area (Å²) in [6.45, 7) is 3.89. The Morgan fingerprint density at radius 3 is 2.61 bits per heavy atom. The van der Waals surface area contributed by atoms with Crippen LogP contribution in [0.1, 0.15) is 26.7 Å². The molecule has 1 saturated heterocycles. The molecule has 18 heavy (non-hydrogen) atoms. The van der Waals surface area contributed by atoms with E-state index in [2.05, 4.69) is 5.32 Å². The van der Waals surface area contributed by atoms with Gasteiger partial charge in [-0.15, -0.1) is 0 Å². The summed E-state index contributed by atoms with van der Waals surface area (Å²) in [5, 5.41) is 11.7. The highest BCUT2D eigenvalue weighted by Gasteiger charge is 2.27. The molecule has 0 spiro atoms. The minimum Gasteiger partial charge on any atom is -0.480 e. The third-order valence-electron chi connectivity index (χ3n) is 3.08. The third-order valence-corrected chi connectivity index (χ3v) is 4.22. The number of nitrogens with one attached hydrogen (secondary N) is 1. The molecule has 1 fully saturated rings. The smallest absolute Gasteiger partial charge is 0.326 e. The molecule has 1 heterocycles. The lowest BCUT2D eigenvalue weighted by molar-refractivity contribution is -0.139. The number of carboxylic acids is 1. The number of carbonyl (C=O) groups excluding carboxylic acids is 1. The van der Waals surface area contributed by atoms with Crippen molar-refractivity contribution in [2.24, 2.45) is 5.92 Å². The van der Waals surface area contributed by atoms with E-state index >= 15 is 0 Å². The van der Waals surface area contributed by atoms with Crippen LogP contribution in [0, 0.1) is 5.92 Å². The molecule has 0 aromatic carbocycles. The predicted molar refractivity (Wildman–Crippen MR) is 72.9 cm³/mol. The van der Waals surface area contributed by atoms with E-state index in [1.807, 2.05) is 25.6 Å². The first-order valence-electron chi connectivity index (χ1n) is 6.25. The molecule has 2 N–H and O–H groups in total. The van der Waals surface area contributed by atoms with E-state index in [0.29, 0.717) is 6.42 Å². The van der Waals surface area contributed by atoms with Crippen LogP contribution in [0.4, 0.5) is 4.79 Å². The largest absolute Gasteiger partial charge is 0.480 e. The first-order valence-corrected chi connectivity index (χ1v) is 7.41. The highest BCUT2D eigenvalue weighted by atomic mass is 32.2. The number of aliphatic carboxylic acids is 1. The minimum absolute atomic E-state index is 0.225. The summed E-state index contributed by atoms with van der Waals surface area (Å²) in [4.78, 5) is 24.7. The monoisotopic (exact) mass is 274 g/mol. The van der Waals surface area contributed by atoms with Crippen molar-refractivity contribution in [2.45, 2.75) is 38.8 Å². The summed E-state index contributed by atoms with van der Waals surface area (Å²) in [6, 6.07) is -0.854. The van der Waals surface area contributed by atoms with Crippen LogP contribution < -0.4 is 5.32 Å². The van der Waals surface area contributed by atoms with Crippen molar-refractivity contribution in [2.75, 3.05) is 18.6 Å². The average molecular weight is 274 g/mol. The number of carboxylic acid groups (broad SMARTS) is 1. The standard InChI is InChI=1S/C12H22N2O3S/c1-8(2)6-10(11(15)16)13-12(17)14(3)9-4-5-18-7-9/h8-10H,4-7H2,1-3H3,(H,13,17)(H,15,16)/t9?,10-/m1/s1. The zero-order valence-electron chi connectivity index (χ0n) is 11.2. The van der Waals surface area contributed by atoms with Gasteiger partial charge < -0.3 is 15.3 Å². The fourth-order valence-corrected chi connectivity index (χ4v) is 3.20. The number of carbonyl (C=O) groups is 2. The lowest BCUT2D eigenvalue weighted by Crippen LogP contribution is -2.50. The number of nitrogens with zero attached hydrogens (tertiary/aromatic N) is 1. The summed E-state index contributed by atoms with van der Waals surface area (Å²) < 4.78 is 0. The maximum absolute atomic E-state index is 12.0. The molecular formula is C12H22N2O3S. The number of amides is 2. The van der Waals surface area contributed by atoms with Gasteiger partial charge >= 0.3 is 12.0 Å². The Morgan fingerprint density at radius 2 is 2.17 bits per heavy atom. The molecule has 0 aliphatic carbocycles. The normalized spacial score (nSPS) is 20.8. The molecule has 0 aromatic heterocycles. The number of hydrogen-bond donors (Lipinski definition) is 2. The molecule has 2 atom stereocenters. The van der Waals surface area contributed by atoms with Gasteiger partial charge in [0.15, 0.2) is 0 Å². The molecule has 1 aliphatic heterocycles. The van der Waals surface area contributed by atoms with E-state index in [1.165, 1.54) is 0 Å². The molecular weight excluding hydrogens is 252 g/mol. The summed E-state index contributed by atoms with van der Waals surface area (Å²) in [6.07, 6.45) is 1.44. The topological polar surface area (TPSA) is 69.6 Å². The lowest BCUT2D eigenvalue weighted by atomic mass is 10.0. The van der Waals surface area contributed by atoms with Crippen LogP contribution in [0.25, 0.3) is 0 Å². The second-order valence-corrected chi connectivity index (χ2v) is 6.25. The SMILES string of the molecule is CC(C)C[C@@H](NC(=O)N(C)C1CCSC1)C(=O)O. The van der Waals surface area contributed by atoms with E-state index in [0.717, 1.165) is 17.9 Å². The number of urea groups is 1. The first kappa shape index (κ1) is 15.1. The third kappa shape index (κ3) is 4.40. The maximum atomic E-state index is 12.0. The van der Waals surface area contributed by atoms with Crippen molar-refractivity contribution in [1.82, 2.24) is 10.2 Å². The molecule has 1 rings (SSSR count). The zero-order chi connectivity index (χ0) is 13.7. The van der Waals surface area contributed by atoms with E-state index in [-0.39, 0.29) is 18.0 Å². The molecule has 1 aliphatic rings. The van der Waals surface area contributed by atoms with Crippen LogP contribution in [-0.4, -0.2) is 52.6 Å². The number of thioether (sulfide) groups is 1. The first-order chi connectivity index (χ1) is 8.41. The Kier molecular flexibility index (Phi) is 5.78. The van der Waals surface area contributed by atoms with E-state index in [9.17, 15) is 9.59 Å². The van der Waals surface area contributed by atoms with Crippen LogP contribution >= 0.6 is 11.8 Å². The molecule has 1 unspecified atom stereocenters. The predicted octanol–water partition coefficient (Wildman–Crippen LogP) is 1.63. The van der Waals surface area contributed by atoms with Gasteiger partial charge in [-0.05, 0) is 24.5 Å². The van der Waals surface area contributed by atoms with Crippen molar-refractivity contribution in [3.63, 3.8) is 0 Å². The second-order valence-electron chi connectivity index (χ2n) is 5.10. The summed E-state index contributed by atoms with van der Waals surface area (Å²) in [5.41, 5.74) is 0. The van der Waals surface area contributed by atoms with Crippen LogP contribution in [0.15, 0.2) is 0 Å². The van der Waals surface area contributed by atoms with Crippen molar-refractivity contribution in [3.8, 4) is 0 Å².